The molecule has 3 heteroatoms. The molecule has 0 bridgehead atoms. The third-order valence-electron chi connectivity index (χ3n) is 2.81. The van der Waals surface area contributed by atoms with E-state index in [4.69, 9.17) is 4.74 Å². The highest BCUT2D eigenvalue weighted by atomic mass is 16.5. The number of hydrogen-bond acceptors (Lipinski definition) is 3. The van der Waals surface area contributed by atoms with Crippen LogP contribution in [-0.2, 0) is 0 Å². The quantitative estimate of drug-likeness (QED) is 0.780. The van der Waals surface area contributed by atoms with Crippen molar-refractivity contribution in [2.24, 2.45) is 0 Å². The summed E-state index contributed by atoms with van der Waals surface area (Å²) < 4.78 is 5.63. The van der Waals surface area contributed by atoms with Crippen molar-refractivity contribution >= 4 is 0 Å². The van der Waals surface area contributed by atoms with Crippen molar-refractivity contribution < 1.29 is 9.84 Å². The first kappa shape index (κ1) is 10.5. The second kappa shape index (κ2) is 4.21. The Bertz CT molecular complexity index is 332. The molecule has 0 radical (unpaired) electrons. The van der Waals surface area contributed by atoms with Crippen molar-refractivity contribution in [3.63, 3.8) is 0 Å². The Hall–Kier alpha value is -1.06. The second-order valence-electron chi connectivity index (χ2n) is 4.21. The van der Waals surface area contributed by atoms with Crippen LogP contribution in [0.2, 0.25) is 0 Å². The smallest absolute Gasteiger partial charge is 0.122 e. The molecule has 1 aromatic rings. The predicted octanol–water partition coefficient (Wildman–Crippen LogP) is 1.10. The lowest BCUT2D eigenvalue weighted by Crippen LogP contribution is -2.38. The minimum atomic E-state index is -0.692. The maximum absolute atomic E-state index is 10.1. The number of aryl methyl sites for hydroxylation is 1. The summed E-state index contributed by atoms with van der Waals surface area (Å²) in [7, 11) is 0. The summed E-state index contributed by atoms with van der Waals surface area (Å²) in [5, 5.41) is 13.2. The van der Waals surface area contributed by atoms with Crippen LogP contribution in [0.15, 0.2) is 24.3 Å². The first-order valence-electron chi connectivity index (χ1n) is 5.31. The number of hydrogen-bond donors (Lipinski definition) is 2. The third kappa shape index (κ3) is 2.49. The first-order chi connectivity index (χ1) is 7.20. The molecule has 1 saturated heterocycles. The molecule has 1 aliphatic rings. The molecule has 1 heterocycles. The van der Waals surface area contributed by atoms with Crippen molar-refractivity contribution in [2.45, 2.75) is 18.9 Å². The Balaban J connectivity index is 1.95. The summed E-state index contributed by atoms with van der Waals surface area (Å²) in [5.41, 5.74) is 0.412. The molecule has 1 aliphatic heterocycles. The lowest BCUT2D eigenvalue weighted by Gasteiger charge is -2.22. The topological polar surface area (TPSA) is 41.5 Å². The largest absolute Gasteiger partial charge is 0.490 e. The number of ether oxygens (including phenoxy) is 1. The van der Waals surface area contributed by atoms with Gasteiger partial charge in [-0.15, -0.1) is 0 Å². The highest BCUT2D eigenvalue weighted by Gasteiger charge is 2.31. The van der Waals surface area contributed by atoms with Crippen molar-refractivity contribution in [2.75, 3.05) is 19.7 Å². The predicted molar refractivity (Wildman–Crippen MR) is 59.1 cm³/mol. The van der Waals surface area contributed by atoms with Gasteiger partial charge >= 0.3 is 0 Å². The highest BCUT2D eigenvalue weighted by molar-refractivity contribution is 5.31. The standard InChI is InChI=1S/C12H17NO2/c1-10-4-2-3-5-11(10)15-9-12(14)6-7-13-8-12/h2-5,13-14H,6-9H2,1H3/t12-/m0/s1. The fraction of sp³-hybridized carbons (Fsp3) is 0.500. The van der Waals surface area contributed by atoms with Crippen LogP contribution in [0.1, 0.15) is 12.0 Å². The SMILES string of the molecule is Cc1ccccc1OC[C@]1(O)CCNC1. The van der Waals surface area contributed by atoms with E-state index in [0.717, 1.165) is 24.3 Å². The van der Waals surface area contributed by atoms with Gasteiger partial charge in [0.05, 0.1) is 0 Å². The zero-order valence-corrected chi connectivity index (χ0v) is 8.99. The van der Waals surface area contributed by atoms with E-state index in [0.29, 0.717) is 13.2 Å². The zero-order chi connectivity index (χ0) is 10.7. The number of β-amino-alcohol motifs (C(OH)–C–C–N with tert-alkyl or cyclic N) is 1. The lowest BCUT2D eigenvalue weighted by molar-refractivity contribution is 0.0128. The number of para-hydroxylation sites is 1. The molecule has 0 unspecified atom stereocenters. The summed E-state index contributed by atoms with van der Waals surface area (Å²) in [4.78, 5) is 0. The summed E-state index contributed by atoms with van der Waals surface area (Å²) in [6.07, 6.45) is 0.763. The molecule has 2 N–H and O–H groups in total. The molecule has 2 rings (SSSR count). The van der Waals surface area contributed by atoms with Gasteiger partial charge in [-0.3, -0.25) is 0 Å². The van der Waals surface area contributed by atoms with Crippen LogP contribution in [-0.4, -0.2) is 30.4 Å². The van der Waals surface area contributed by atoms with E-state index in [-0.39, 0.29) is 0 Å². The van der Waals surface area contributed by atoms with Gasteiger partial charge in [0.2, 0.25) is 0 Å². The van der Waals surface area contributed by atoms with E-state index in [9.17, 15) is 5.11 Å². The fourth-order valence-electron chi connectivity index (χ4n) is 1.78. The summed E-state index contributed by atoms with van der Waals surface area (Å²) in [6, 6.07) is 7.86. The third-order valence-corrected chi connectivity index (χ3v) is 2.81. The van der Waals surface area contributed by atoms with Gasteiger partial charge < -0.3 is 15.2 Å². The highest BCUT2D eigenvalue weighted by Crippen LogP contribution is 2.20. The second-order valence-corrected chi connectivity index (χ2v) is 4.21. The van der Waals surface area contributed by atoms with Crippen LogP contribution in [0.25, 0.3) is 0 Å². The average molecular weight is 207 g/mol. The maximum Gasteiger partial charge on any atom is 0.122 e. The molecule has 0 amide bonds. The first-order valence-corrected chi connectivity index (χ1v) is 5.31. The minimum Gasteiger partial charge on any atom is -0.490 e. The summed E-state index contributed by atoms with van der Waals surface area (Å²) in [6.45, 7) is 3.86. The zero-order valence-electron chi connectivity index (χ0n) is 8.99. The normalized spacial score (nSPS) is 25.5. The molecule has 82 valence electrons. The van der Waals surface area contributed by atoms with Crippen LogP contribution in [0.4, 0.5) is 0 Å². The van der Waals surface area contributed by atoms with Gasteiger partial charge in [-0.2, -0.15) is 0 Å². The molecule has 1 atom stereocenters. The molecule has 0 aromatic heterocycles. The molecule has 15 heavy (non-hydrogen) atoms. The Morgan fingerprint density at radius 3 is 2.93 bits per heavy atom. The monoisotopic (exact) mass is 207 g/mol. The Labute approximate surface area is 90.1 Å². The Morgan fingerprint density at radius 1 is 1.47 bits per heavy atom. The fourth-order valence-corrected chi connectivity index (χ4v) is 1.78. The maximum atomic E-state index is 10.1. The molecule has 0 spiro atoms. The number of nitrogens with one attached hydrogen (secondary N) is 1. The van der Waals surface area contributed by atoms with Gasteiger partial charge in [-0.05, 0) is 31.5 Å². The van der Waals surface area contributed by atoms with Crippen molar-refractivity contribution in [3.8, 4) is 5.75 Å². The Morgan fingerprint density at radius 2 is 2.27 bits per heavy atom. The van der Waals surface area contributed by atoms with E-state index < -0.39 is 5.60 Å². The molecule has 0 aliphatic carbocycles. The van der Waals surface area contributed by atoms with E-state index in [1.165, 1.54) is 0 Å². The van der Waals surface area contributed by atoms with E-state index in [1.54, 1.807) is 0 Å². The molecule has 1 fully saturated rings. The number of benzene rings is 1. The van der Waals surface area contributed by atoms with Crippen molar-refractivity contribution in [1.82, 2.24) is 5.32 Å². The van der Waals surface area contributed by atoms with Crippen LogP contribution in [0.3, 0.4) is 0 Å². The number of rotatable bonds is 3. The van der Waals surface area contributed by atoms with Crippen molar-refractivity contribution in [1.29, 1.82) is 0 Å². The van der Waals surface area contributed by atoms with Crippen LogP contribution in [0.5, 0.6) is 5.75 Å². The van der Waals surface area contributed by atoms with Crippen LogP contribution >= 0.6 is 0 Å². The van der Waals surface area contributed by atoms with Gasteiger partial charge in [-0.1, -0.05) is 18.2 Å². The van der Waals surface area contributed by atoms with Crippen LogP contribution < -0.4 is 10.1 Å². The van der Waals surface area contributed by atoms with Gasteiger partial charge in [0.1, 0.15) is 18.0 Å². The molecular weight excluding hydrogens is 190 g/mol. The van der Waals surface area contributed by atoms with Gasteiger partial charge in [0.25, 0.3) is 0 Å². The Kier molecular flexibility index (Phi) is 2.93. The molecule has 0 saturated carbocycles. The van der Waals surface area contributed by atoms with Crippen molar-refractivity contribution in [3.05, 3.63) is 29.8 Å². The van der Waals surface area contributed by atoms with Gasteiger partial charge in [-0.25, -0.2) is 0 Å². The minimum absolute atomic E-state index is 0.366. The number of aliphatic hydroxyl groups is 1. The average Bonchev–Trinajstić information content (AvgIpc) is 2.65. The molecular formula is C12H17NO2. The van der Waals surface area contributed by atoms with E-state index in [1.807, 2.05) is 31.2 Å². The van der Waals surface area contributed by atoms with Crippen LogP contribution in [0, 0.1) is 6.92 Å². The molecule has 1 aromatic carbocycles. The van der Waals surface area contributed by atoms with E-state index in [2.05, 4.69) is 5.32 Å². The summed E-state index contributed by atoms with van der Waals surface area (Å²) in [5.74, 6) is 0.859. The van der Waals surface area contributed by atoms with Gasteiger partial charge in [0, 0.05) is 6.54 Å². The van der Waals surface area contributed by atoms with Gasteiger partial charge in [0.15, 0.2) is 0 Å². The summed E-state index contributed by atoms with van der Waals surface area (Å²) >= 11 is 0. The molecule has 3 nitrogen and oxygen atoms in total. The lowest BCUT2D eigenvalue weighted by atomic mass is 10.1. The van der Waals surface area contributed by atoms with E-state index >= 15 is 0 Å².